The third-order valence-electron chi connectivity index (χ3n) is 2.33. The standard InChI is InChI=1S/C12H15ClN2O3/c1-3-6-15(8-11(16)18-2)12(17)9-7-14-5-4-10(9)13/h4-5,7H,3,6,8H2,1-2H3. The SMILES string of the molecule is CCCN(CC(=O)OC)C(=O)c1cnccc1Cl. The number of amides is 1. The monoisotopic (exact) mass is 270 g/mol. The molecule has 0 bridgehead atoms. The predicted octanol–water partition coefficient (Wildman–Crippen LogP) is 1.76. The molecule has 5 nitrogen and oxygen atoms in total. The number of esters is 1. The van der Waals surface area contributed by atoms with Crippen molar-refractivity contribution in [3.8, 4) is 0 Å². The zero-order valence-corrected chi connectivity index (χ0v) is 11.1. The third kappa shape index (κ3) is 3.70. The van der Waals surface area contributed by atoms with Gasteiger partial charge in [-0.05, 0) is 12.5 Å². The molecule has 0 aliphatic heterocycles. The number of pyridine rings is 1. The number of carbonyl (C=O) groups excluding carboxylic acids is 2. The molecule has 0 unspecified atom stereocenters. The van der Waals surface area contributed by atoms with E-state index in [9.17, 15) is 9.59 Å². The van der Waals surface area contributed by atoms with Crippen LogP contribution in [-0.4, -0.2) is 42.0 Å². The van der Waals surface area contributed by atoms with Crippen molar-refractivity contribution >= 4 is 23.5 Å². The van der Waals surface area contributed by atoms with Gasteiger partial charge in [-0.15, -0.1) is 0 Å². The Morgan fingerprint density at radius 2 is 2.22 bits per heavy atom. The van der Waals surface area contributed by atoms with Gasteiger partial charge in [0, 0.05) is 18.9 Å². The second kappa shape index (κ2) is 6.96. The molecule has 1 heterocycles. The Balaban J connectivity index is 2.89. The lowest BCUT2D eigenvalue weighted by atomic mass is 10.2. The molecule has 18 heavy (non-hydrogen) atoms. The van der Waals surface area contributed by atoms with E-state index in [0.717, 1.165) is 6.42 Å². The first-order valence-corrected chi connectivity index (χ1v) is 5.93. The maximum atomic E-state index is 12.2. The summed E-state index contributed by atoms with van der Waals surface area (Å²) in [5.41, 5.74) is 0.288. The molecular weight excluding hydrogens is 256 g/mol. The molecule has 1 amide bonds. The lowest BCUT2D eigenvalue weighted by molar-refractivity contribution is -0.141. The van der Waals surface area contributed by atoms with Crippen LogP contribution in [0.25, 0.3) is 0 Å². The third-order valence-corrected chi connectivity index (χ3v) is 2.66. The summed E-state index contributed by atoms with van der Waals surface area (Å²) >= 11 is 5.93. The van der Waals surface area contributed by atoms with Gasteiger partial charge in [0.25, 0.3) is 5.91 Å². The Labute approximate surface area is 111 Å². The average molecular weight is 271 g/mol. The van der Waals surface area contributed by atoms with E-state index in [1.165, 1.54) is 30.5 Å². The molecule has 0 N–H and O–H groups in total. The highest BCUT2D eigenvalue weighted by molar-refractivity contribution is 6.33. The van der Waals surface area contributed by atoms with Gasteiger partial charge in [-0.3, -0.25) is 14.6 Å². The van der Waals surface area contributed by atoms with E-state index < -0.39 is 5.97 Å². The number of halogens is 1. The topological polar surface area (TPSA) is 59.5 Å². The summed E-state index contributed by atoms with van der Waals surface area (Å²) in [7, 11) is 1.29. The first-order chi connectivity index (χ1) is 8.60. The predicted molar refractivity (Wildman–Crippen MR) is 67.5 cm³/mol. The van der Waals surface area contributed by atoms with Gasteiger partial charge >= 0.3 is 5.97 Å². The first-order valence-electron chi connectivity index (χ1n) is 5.55. The van der Waals surface area contributed by atoms with Gasteiger partial charge in [-0.1, -0.05) is 18.5 Å². The number of methoxy groups -OCH3 is 1. The maximum Gasteiger partial charge on any atom is 0.325 e. The number of rotatable bonds is 5. The van der Waals surface area contributed by atoms with E-state index in [4.69, 9.17) is 11.6 Å². The van der Waals surface area contributed by atoms with Crippen molar-refractivity contribution in [1.82, 2.24) is 9.88 Å². The largest absolute Gasteiger partial charge is 0.468 e. The van der Waals surface area contributed by atoms with Gasteiger partial charge in [-0.2, -0.15) is 0 Å². The molecular formula is C12H15ClN2O3. The van der Waals surface area contributed by atoms with Gasteiger partial charge in [0.1, 0.15) is 6.54 Å². The lowest BCUT2D eigenvalue weighted by Crippen LogP contribution is -2.37. The van der Waals surface area contributed by atoms with Gasteiger partial charge in [-0.25, -0.2) is 0 Å². The Hall–Kier alpha value is -1.62. The summed E-state index contributed by atoms with van der Waals surface area (Å²) in [5, 5.41) is 0.320. The average Bonchev–Trinajstić information content (AvgIpc) is 2.38. The highest BCUT2D eigenvalue weighted by atomic mass is 35.5. The van der Waals surface area contributed by atoms with Crippen LogP contribution in [-0.2, 0) is 9.53 Å². The fraction of sp³-hybridized carbons (Fsp3) is 0.417. The number of nitrogens with zero attached hydrogens (tertiary/aromatic N) is 2. The Morgan fingerprint density at radius 1 is 1.50 bits per heavy atom. The zero-order valence-electron chi connectivity index (χ0n) is 10.4. The van der Waals surface area contributed by atoms with Gasteiger partial charge in [0.2, 0.25) is 0 Å². The van der Waals surface area contributed by atoms with E-state index in [1.54, 1.807) is 0 Å². The molecule has 0 aliphatic carbocycles. The van der Waals surface area contributed by atoms with Crippen LogP contribution in [0.5, 0.6) is 0 Å². The second-order valence-corrected chi connectivity index (χ2v) is 4.07. The Morgan fingerprint density at radius 3 is 2.78 bits per heavy atom. The molecule has 6 heteroatoms. The normalized spacial score (nSPS) is 9.94. The van der Waals surface area contributed by atoms with E-state index in [1.807, 2.05) is 6.92 Å². The number of aromatic nitrogens is 1. The highest BCUT2D eigenvalue weighted by Crippen LogP contribution is 2.16. The zero-order chi connectivity index (χ0) is 13.5. The minimum Gasteiger partial charge on any atom is -0.468 e. The van der Waals surface area contributed by atoms with Crippen LogP contribution < -0.4 is 0 Å². The van der Waals surface area contributed by atoms with Crippen molar-refractivity contribution < 1.29 is 14.3 Å². The van der Waals surface area contributed by atoms with Crippen molar-refractivity contribution in [3.63, 3.8) is 0 Å². The molecule has 0 aliphatic rings. The van der Waals surface area contributed by atoms with E-state index in [-0.39, 0.29) is 18.0 Å². The number of hydrogen-bond acceptors (Lipinski definition) is 4. The van der Waals surface area contributed by atoms with Crippen LogP contribution in [0.4, 0.5) is 0 Å². The van der Waals surface area contributed by atoms with Crippen LogP contribution in [0.2, 0.25) is 5.02 Å². The number of hydrogen-bond donors (Lipinski definition) is 0. The number of ether oxygens (including phenoxy) is 1. The van der Waals surface area contributed by atoms with Crippen LogP contribution in [0.3, 0.4) is 0 Å². The van der Waals surface area contributed by atoms with E-state index >= 15 is 0 Å². The van der Waals surface area contributed by atoms with Crippen molar-refractivity contribution in [3.05, 3.63) is 29.0 Å². The van der Waals surface area contributed by atoms with Crippen molar-refractivity contribution in [1.29, 1.82) is 0 Å². The summed E-state index contributed by atoms with van der Waals surface area (Å²) in [4.78, 5) is 28.7. The van der Waals surface area contributed by atoms with Gasteiger partial charge in [0.05, 0.1) is 17.7 Å². The molecule has 0 aromatic carbocycles. The fourth-order valence-electron chi connectivity index (χ4n) is 1.45. The summed E-state index contributed by atoms with van der Waals surface area (Å²) in [6, 6.07) is 1.54. The van der Waals surface area contributed by atoms with Gasteiger partial charge in [0.15, 0.2) is 0 Å². The molecule has 0 spiro atoms. The molecule has 0 fully saturated rings. The number of carbonyl (C=O) groups is 2. The second-order valence-electron chi connectivity index (χ2n) is 3.66. The molecule has 0 atom stereocenters. The Kier molecular flexibility index (Phi) is 5.58. The van der Waals surface area contributed by atoms with Crippen LogP contribution in [0.1, 0.15) is 23.7 Å². The molecule has 1 rings (SSSR count). The summed E-state index contributed by atoms with van der Waals surface area (Å²) in [6.07, 6.45) is 3.63. The summed E-state index contributed by atoms with van der Waals surface area (Å²) < 4.78 is 4.56. The lowest BCUT2D eigenvalue weighted by Gasteiger charge is -2.21. The molecule has 1 aromatic heterocycles. The van der Waals surface area contributed by atoms with E-state index in [2.05, 4.69) is 9.72 Å². The fourth-order valence-corrected chi connectivity index (χ4v) is 1.63. The van der Waals surface area contributed by atoms with Crippen LogP contribution in [0.15, 0.2) is 18.5 Å². The van der Waals surface area contributed by atoms with Crippen molar-refractivity contribution in [2.45, 2.75) is 13.3 Å². The minimum atomic E-state index is -0.461. The van der Waals surface area contributed by atoms with Crippen LogP contribution >= 0.6 is 11.6 Å². The summed E-state index contributed by atoms with van der Waals surface area (Å²) in [5.74, 6) is -0.780. The quantitative estimate of drug-likeness (QED) is 0.765. The maximum absolute atomic E-state index is 12.2. The van der Waals surface area contributed by atoms with Crippen molar-refractivity contribution in [2.24, 2.45) is 0 Å². The molecule has 0 radical (unpaired) electrons. The first kappa shape index (κ1) is 14.4. The Bertz CT molecular complexity index is 437. The summed E-state index contributed by atoms with van der Waals surface area (Å²) in [6.45, 7) is 2.29. The molecule has 1 aromatic rings. The van der Waals surface area contributed by atoms with Gasteiger partial charge < -0.3 is 9.64 Å². The smallest absolute Gasteiger partial charge is 0.325 e. The minimum absolute atomic E-state index is 0.0889. The molecule has 0 saturated carbocycles. The molecule has 98 valence electrons. The van der Waals surface area contributed by atoms with E-state index in [0.29, 0.717) is 11.6 Å². The highest BCUT2D eigenvalue weighted by Gasteiger charge is 2.20. The van der Waals surface area contributed by atoms with Crippen molar-refractivity contribution in [2.75, 3.05) is 20.2 Å². The van der Waals surface area contributed by atoms with Crippen LogP contribution in [0, 0.1) is 0 Å². The molecule has 0 saturated heterocycles.